The number of hydrogen-bond donors (Lipinski definition) is 0. The first-order valence-corrected chi connectivity index (χ1v) is 7.39. The largest absolute Gasteiger partial charge is 0.379 e. The average Bonchev–Trinajstić information content (AvgIpc) is 2.44. The van der Waals surface area contributed by atoms with Gasteiger partial charge >= 0.3 is 0 Å². The Hall–Kier alpha value is -1.33. The van der Waals surface area contributed by atoms with E-state index in [1.807, 2.05) is 0 Å². The van der Waals surface area contributed by atoms with Crippen molar-refractivity contribution in [1.82, 2.24) is 0 Å². The maximum Gasteiger partial charge on any atom is 0.0632 e. The quantitative estimate of drug-likeness (QED) is 0.820. The Balaban J connectivity index is 1.76. The SMILES string of the molecule is N#CCC1(c2ccc(C3CCCCC3)cc2)COC1. The molecule has 0 atom stereocenters. The van der Waals surface area contributed by atoms with Crippen molar-refractivity contribution >= 4 is 0 Å². The van der Waals surface area contributed by atoms with E-state index in [-0.39, 0.29) is 5.41 Å². The first kappa shape index (κ1) is 12.7. The normalized spacial score (nSPS) is 22.5. The Bertz CT molecular complexity index is 461. The lowest BCUT2D eigenvalue weighted by Crippen LogP contribution is -2.46. The summed E-state index contributed by atoms with van der Waals surface area (Å²) in [4.78, 5) is 0. The molecule has 2 aliphatic rings. The van der Waals surface area contributed by atoms with Crippen LogP contribution < -0.4 is 0 Å². The molecule has 2 heteroatoms. The lowest BCUT2D eigenvalue weighted by atomic mass is 9.75. The average molecular weight is 255 g/mol. The molecule has 1 aliphatic heterocycles. The Morgan fingerprint density at radius 3 is 2.32 bits per heavy atom. The fourth-order valence-electron chi connectivity index (χ4n) is 3.42. The number of ether oxygens (including phenoxy) is 1. The monoisotopic (exact) mass is 255 g/mol. The Kier molecular flexibility index (Phi) is 3.57. The van der Waals surface area contributed by atoms with Crippen molar-refractivity contribution in [2.75, 3.05) is 13.2 Å². The minimum atomic E-state index is -0.0279. The highest BCUT2D eigenvalue weighted by Gasteiger charge is 2.40. The van der Waals surface area contributed by atoms with Crippen LogP contribution in [0.25, 0.3) is 0 Å². The highest BCUT2D eigenvalue weighted by molar-refractivity contribution is 5.33. The molecule has 0 N–H and O–H groups in total. The second-order valence-corrected chi connectivity index (χ2v) is 6.06. The van der Waals surface area contributed by atoms with Gasteiger partial charge in [-0.25, -0.2) is 0 Å². The lowest BCUT2D eigenvalue weighted by Gasteiger charge is -2.40. The molecule has 2 fully saturated rings. The van der Waals surface area contributed by atoms with Crippen LogP contribution in [-0.4, -0.2) is 13.2 Å². The first-order valence-electron chi connectivity index (χ1n) is 7.39. The molecule has 1 saturated heterocycles. The van der Waals surface area contributed by atoms with E-state index in [1.54, 1.807) is 0 Å². The molecule has 2 nitrogen and oxygen atoms in total. The molecule has 0 spiro atoms. The summed E-state index contributed by atoms with van der Waals surface area (Å²) in [6.45, 7) is 1.40. The van der Waals surface area contributed by atoms with Gasteiger partial charge in [-0.05, 0) is 29.9 Å². The van der Waals surface area contributed by atoms with E-state index in [9.17, 15) is 0 Å². The van der Waals surface area contributed by atoms with Crippen LogP contribution in [-0.2, 0) is 10.2 Å². The Morgan fingerprint density at radius 1 is 1.11 bits per heavy atom. The predicted octanol–water partition coefficient (Wildman–Crippen LogP) is 3.92. The van der Waals surface area contributed by atoms with Crippen molar-refractivity contribution in [2.24, 2.45) is 0 Å². The van der Waals surface area contributed by atoms with Gasteiger partial charge in [-0.2, -0.15) is 5.26 Å². The number of nitriles is 1. The molecule has 0 aromatic heterocycles. The predicted molar refractivity (Wildman–Crippen MR) is 75.0 cm³/mol. The van der Waals surface area contributed by atoms with Crippen molar-refractivity contribution in [3.05, 3.63) is 35.4 Å². The van der Waals surface area contributed by atoms with Crippen LogP contribution in [0.3, 0.4) is 0 Å². The Labute approximate surface area is 115 Å². The third-order valence-electron chi connectivity index (χ3n) is 4.77. The molecular weight excluding hydrogens is 234 g/mol. The number of benzene rings is 1. The summed E-state index contributed by atoms with van der Waals surface area (Å²) in [5.74, 6) is 0.757. The van der Waals surface area contributed by atoms with Crippen molar-refractivity contribution in [3.8, 4) is 6.07 Å². The fourth-order valence-corrected chi connectivity index (χ4v) is 3.42. The van der Waals surface area contributed by atoms with Crippen molar-refractivity contribution in [1.29, 1.82) is 5.26 Å². The summed E-state index contributed by atoms with van der Waals surface area (Å²) >= 11 is 0. The number of hydrogen-bond acceptors (Lipinski definition) is 2. The molecule has 0 unspecified atom stereocenters. The lowest BCUT2D eigenvalue weighted by molar-refractivity contribution is -0.0577. The van der Waals surface area contributed by atoms with Crippen molar-refractivity contribution in [3.63, 3.8) is 0 Å². The molecule has 0 bridgehead atoms. The Morgan fingerprint density at radius 2 is 1.79 bits per heavy atom. The standard InChI is InChI=1S/C17H21NO/c18-11-10-17(12-19-13-17)16-8-6-15(7-9-16)14-4-2-1-3-5-14/h6-9,14H,1-5,10,12-13H2. The van der Waals surface area contributed by atoms with Crippen LogP contribution in [0.1, 0.15) is 55.6 Å². The van der Waals surface area contributed by atoms with Gasteiger partial charge in [0.25, 0.3) is 0 Å². The van der Waals surface area contributed by atoms with Crippen LogP contribution in [0, 0.1) is 11.3 Å². The van der Waals surface area contributed by atoms with Gasteiger partial charge in [-0.3, -0.25) is 0 Å². The van der Waals surface area contributed by atoms with E-state index in [1.165, 1.54) is 43.2 Å². The summed E-state index contributed by atoms with van der Waals surface area (Å²) in [5.41, 5.74) is 2.73. The molecule has 1 saturated carbocycles. The summed E-state index contributed by atoms with van der Waals surface area (Å²) in [5, 5.41) is 8.98. The van der Waals surface area contributed by atoms with Crippen LogP contribution in [0.2, 0.25) is 0 Å². The van der Waals surface area contributed by atoms with Gasteiger partial charge in [0.15, 0.2) is 0 Å². The molecule has 1 aliphatic carbocycles. The molecule has 100 valence electrons. The van der Waals surface area contributed by atoms with Crippen molar-refractivity contribution in [2.45, 2.75) is 49.9 Å². The molecule has 0 amide bonds. The first-order chi connectivity index (χ1) is 9.34. The van der Waals surface area contributed by atoms with E-state index in [2.05, 4.69) is 30.3 Å². The van der Waals surface area contributed by atoms with Crippen LogP contribution in [0.15, 0.2) is 24.3 Å². The van der Waals surface area contributed by atoms with Gasteiger partial charge in [-0.15, -0.1) is 0 Å². The molecule has 19 heavy (non-hydrogen) atoms. The van der Waals surface area contributed by atoms with Gasteiger partial charge in [0.05, 0.1) is 24.7 Å². The highest BCUT2D eigenvalue weighted by atomic mass is 16.5. The molecule has 1 aromatic carbocycles. The second-order valence-electron chi connectivity index (χ2n) is 6.06. The minimum Gasteiger partial charge on any atom is -0.379 e. The van der Waals surface area contributed by atoms with Gasteiger partial charge < -0.3 is 4.74 Å². The zero-order valence-electron chi connectivity index (χ0n) is 11.4. The van der Waals surface area contributed by atoms with Gasteiger partial charge in [0.1, 0.15) is 0 Å². The summed E-state index contributed by atoms with van der Waals surface area (Å²) in [6, 6.07) is 11.3. The van der Waals surface area contributed by atoms with Gasteiger partial charge in [-0.1, -0.05) is 43.5 Å². The summed E-state index contributed by atoms with van der Waals surface area (Å²) in [6.07, 6.45) is 7.39. The van der Waals surface area contributed by atoms with E-state index >= 15 is 0 Å². The third-order valence-corrected chi connectivity index (χ3v) is 4.77. The maximum absolute atomic E-state index is 8.98. The van der Waals surface area contributed by atoms with Crippen molar-refractivity contribution < 1.29 is 4.74 Å². The minimum absolute atomic E-state index is 0.0279. The van der Waals surface area contributed by atoms with E-state index in [0.717, 1.165) is 5.92 Å². The zero-order valence-corrected chi connectivity index (χ0v) is 11.4. The number of nitrogens with zero attached hydrogens (tertiary/aromatic N) is 1. The van der Waals surface area contributed by atoms with Crippen LogP contribution in [0.4, 0.5) is 0 Å². The van der Waals surface area contributed by atoms with Gasteiger partial charge in [0, 0.05) is 6.42 Å². The zero-order chi connectivity index (χ0) is 13.1. The fraction of sp³-hybridized carbons (Fsp3) is 0.588. The molecule has 1 heterocycles. The van der Waals surface area contributed by atoms with Crippen LogP contribution in [0.5, 0.6) is 0 Å². The summed E-state index contributed by atoms with van der Waals surface area (Å²) < 4.78 is 5.34. The molecule has 0 radical (unpaired) electrons. The van der Waals surface area contributed by atoms with E-state index < -0.39 is 0 Å². The molecule has 3 rings (SSSR count). The summed E-state index contributed by atoms with van der Waals surface area (Å²) in [7, 11) is 0. The van der Waals surface area contributed by atoms with E-state index in [4.69, 9.17) is 10.00 Å². The highest BCUT2D eigenvalue weighted by Crippen LogP contribution is 2.37. The third kappa shape index (κ3) is 2.40. The second kappa shape index (κ2) is 5.35. The maximum atomic E-state index is 8.98. The van der Waals surface area contributed by atoms with E-state index in [0.29, 0.717) is 19.6 Å². The molecular formula is C17H21NO. The topological polar surface area (TPSA) is 33.0 Å². The van der Waals surface area contributed by atoms with Crippen LogP contribution >= 0.6 is 0 Å². The van der Waals surface area contributed by atoms with Gasteiger partial charge in [0.2, 0.25) is 0 Å². The number of rotatable bonds is 3. The smallest absolute Gasteiger partial charge is 0.0632 e. The molecule has 1 aromatic rings.